The van der Waals surface area contributed by atoms with Crippen LogP contribution in [0.2, 0.25) is 0 Å². The minimum absolute atomic E-state index is 0.0662. The Morgan fingerprint density at radius 3 is 1.96 bits per heavy atom. The van der Waals surface area contributed by atoms with E-state index in [1.807, 2.05) is 0 Å². The van der Waals surface area contributed by atoms with Crippen LogP contribution in [-0.2, 0) is 23.9 Å². The van der Waals surface area contributed by atoms with Crippen molar-refractivity contribution < 1.29 is 34.1 Å². The van der Waals surface area contributed by atoms with Gasteiger partial charge in [-0.05, 0) is 60.8 Å². The first-order valence-corrected chi connectivity index (χ1v) is 9.00. The summed E-state index contributed by atoms with van der Waals surface area (Å²) in [6, 6.07) is 0. The highest BCUT2D eigenvalue weighted by atomic mass is 16.6. The average molecular weight is 374 g/mol. The van der Waals surface area contributed by atoms with E-state index in [1.54, 1.807) is 41.5 Å². The van der Waals surface area contributed by atoms with Gasteiger partial charge in [0, 0.05) is 0 Å². The first kappa shape index (κ1) is 24.4. The van der Waals surface area contributed by atoms with Crippen molar-refractivity contribution in [2.24, 2.45) is 17.3 Å². The second-order valence-electron chi connectivity index (χ2n) is 8.44. The molecule has 0 amide bonds. The number of carboxylic acid groups (broad SMARTS) is 1. The Bertz CT molecular complexity index is 489. The summed E-state index contributed by atoms with van der Waals surface area (Å²) in [7, 11) is 0. The van der Waals surface area contributed by atoms with Gasteiger partial charge < -0.3 is 19.7 Å². The van der Waals surface area contributed by atoms with Gasteiger partial charge in [-0.2, -0.15) is 0 Å². The van der Waals surface area contributed by atoms with E-state index in [9.17, 15) is 24.6 Å². The number of hydrogen-bond donors (Lipinski definition) is 2. The number of hydrogen-bond acceptors (Lipinski definition) is 6. The van der Waals surface area contributed by atoms with Gasteiger partial charge in [-0.25, -0.2) is 0 Å². The molecule has 0 aliphatic heterocycles. The van der Waals surface area contributed by atoms with E-state index in [4.69, 9.17) is 9.47 Å². The number of esters is 2. The van der Waals surface area contributed by atoms with Crippen molar-refractivity contribution >= 4 is 17.9 Å². The lowest BCUT2D eigenvalue weighted by atomic mass is 9.78. The van der Waals surface area contributed by atoms with Crippen molar-refractivity contribution in [1.82, 2.24) is 0 Å². The Hall–Kier alpha value is -1.63. The Balaban J connectivity index is 5.33. The lowest BCUT2D eigenvalue weighted by Gasteiger charge is -2.31. The van der Waals surface area contributed by atoms with Gasteiger partial charge in [0.25, 0.3) is 0 Å². The highest BCUT2D eigenvalue weighted by Gasteiger charge is 2.39. The third kappa shape index (κ3) is 9.17. The smallest absolute Gasteiger partial charge is 0.312 e. The molecule has 26 heavy (non-hydrogen) atoms. The highest BCUT2D eigenvalue weighted by Crippen LogP contribution is 2.33. The molecule has 3 unspecified atom stereocenters. The quantitative estimate of drug-likeness (QED) is 0.566. The minimum atomic E-state index is -0.990. The molecule has 0 bridgehead atoms. The first-order chi connectivity index (χ1) is 11.7. The zero-order valence-electron chi connectivity index (χ0n) is 17.0. The minimum Gasteiger partial charge on any atom is -0.481 e. The first-order valence-electron chi connectivity index (χ1n) is 9.00. The number of carbonyl (C=O) groups is 3. The van der Waals surface area contributed by atoms with Crippen molar-refractivity contribution in [2.45, 2.75) is 79.4 Å². The summed E-state index contributed by atoms with van der Waals surface area (Å²) < 4.78 is 10.5. The van der Waals surface area contributed by atoms with Gasteiger partial charge in [0.1, 0.15) is 12.2 Å². The van der Waals surface area contributed by atoms with E-state index in [-0.39, 0.29) is 19.4 Å². The molecule has 0 fully saturated rings. The SMILES string of the molecule is CCC(CC(CC(C)(C)C(=O)OC(C)(C)C)C(=O)OCC(C)O)C(=O)O. The largest absolute Gasteiger partial charge is 0.481 e. The van der Waals surface area contributed by atoms with Gasteiger partial charge in [-0.1, -0.05) is 6.92 Å². The summed E-state index contributed by atoms with van der Waals surface area (Å²) >= 11 is 0. The van der Waals surface area contributed by atoms with Crippen LogP contribution < -0.4 is 0 Å². The maximum absolute atomic E-state index is 12.5. The number of aliphatic hydroxyl groups excluding tert-OH is 1. The summed E-state index contributed by atoms with van der Waals surface area (Å²) in [5, 5.41) is 18.6. The number of carboxylic acids is 1. The molecule has 0 rings (SSSR count). The third-order valence-corrected chi connectivity index (χ3v) is 3.92. The zero-order chi connectivity index (χ0) is 20.7. The summed E-state index contributed by atoms with van der Waals surface area (Å²) in [5.74, 6) is -3.55. The molecular weight excluding hydrogens is 340 g/mol. The van der Waals surface area contributed by atoms with Gasteiger partial charge in [0.15, 0.2) is 0 Å². The van der Waals surface area contributed by atoms with Crippen LogP contribution in [0.15, 0.2) is 0 Å². The molecular formula is C19H34O7. The molecule has 0 saturated heterocycles. The predicted octanol–water partition coefficient (Wildman–Crippen LogP) is 2.79. The maximum Gasteiger partial charge on any atom is 0.312 e. The van der Waals surface area contributed by atoms with Crippen LogP contribution in [0.25, 0.3) is 0 Å². The van der Waals surface area contributed by atoms with Gasteiger partial charge in [0.05, 0.1) is 23.4 Å². The van der Waals surface area contributed by atoms with Crippen LogP contribution in [-0.4, -0.2) is 46.4 Å². The van der Waals surface area contributed by atoms with E-state index >= 15 is 0 Å². The van der Waals surface area contributed by atoms with Crippen LogP contribution in [0.4, 0.5) is 0 Å². The fourth-order valence-electron chi connectivity index (χ4n) is 2.48. The molecule has 0 saturated carbocycles. The maximum atomic E-state index is 12.5. The number of carbonyl (C=O) groups excluding carboxylic acids is 2. The molecule has 7 nitrogen and oxygen atoms in total. The van der Waals surface area contributed by atoms with Crippen LogP contribution >= 0.6 is 0 Å². The molecule has 0 aliphatic rings. The molecule has 2 N–H and O–H groups in total. The Labute approximate surface area is 156 Å². The van der Waals surface area contributed by atoms with E-state index in [0.717, 1.165) is 0 Å². The number of aliphatic carboxylic acids is 1. The lowest BCUT2D eigenvalue weighted by molar-refractivity contribution is -0.168. The molecule has 0 spiro atoms. The monoisotopic (exact) mass is 374 g/mol. The van der Waals surface area contributed by atoms with Crippen molar-refractivity contribution in [1.29, 1.82) is 0 Å². The van der Waals surface area contributed by atoms with E-state index in [0.29, 0.717) is 6.42 Å². The molecule has 0 heterocycles. The normalized spacial score (nSPS) is 15.7. The van der Waals surface area contributed by atoms with Crippen LogP contribution in [0.5, 0.6) is 0 Å². The highest BCUT2D eigenvalue weighted by molar-refractivity contribution is 5.79. The molecule has 152 valence electrons. The Kier molecular flexibility index (Phi) is 9.28. The number of ether oxygens (including phenoxy) is 2. The van der Waals surface area contributed by atoms with Crippen LogP contribution in [0.1, 0.15) is 67.7 Å². The Morgan fingerprint density at radius 1 is 1.04 bits per heavy atom. The van der Waals surface area contributed by atoms with E-state index < -0.39 is 46.9 Å². The van der Waals surface area contributed by atoms with Crippen molar-refractivity contribution in [3.63, 3.8) is 0 Å². The summed E-state index contributed by atoms with van der Waals surface area (Å²) in [4.78, 5) is 36.3. The lowest BCUT2D eigenvalue weighted by Crippen LogP contribution is -2.37. The second-order valence-corrected chi connectivity index (χ2v) is 8.44. The van der Waals surface area contributed by atoms with Gasteiger partial charge >= 0.3 is 17.9 Å². The summed E-state index contributed by atoms with van der Waals surface area (Å²) in [6.45, 7) is 11.6. The average Bonchev–Trinajstić information content (AvgIpc) is 2.46. The van der Waals surface area contributed by atoms with Gasteiger partial charge in [-0.3, -0.25) is 14.4 Å². The van der Waals surface area contributed by atoms with Crippen molar-refractivity contribution in [2.75, 3.05) is 6.61 Å². The predicted molar refractivity (Wildman–Crippen MR) is 96.4 cm³/mol. The standard InChI is InChI=1S/C19H34O7/c1-8-13(15(21)22)9-14(16(23)25-11-12(2)20)10-19(6,7)17(24)26-18(3,4)5/h12-14,20H,8-11H2,1-7H3,(H,21,22). The Morgan fingerprint density at radius 2 is 1.58 bits per heavy atom. The van der Waals surface area contributed by atoms with Crippen LogP contribution in [0, 0.1) is 17.3 Å². The van der Waals surface area contributed by atoms with E-state index in [1.165, 1.54) is 6.92 Å². The molecule has 0 aromatic rings. The van der Waals surface area contributed by atoms with Crippen LogP contribution in [0.3, 0.4) is 0 Å². The summed E-state index contributed by atoms with van der Waals surface area (Å²) in [6.07, 6.45) is -0.288. The number of rotatable bonds is 10. The molecule has 0 aromatic carbocycles. The molecule has 0 radical (unpaired) electrons. The second kappa shape index (κ2) is 9.90. The van der Waals surface area contributed by atoms with Crippen molar-refractivity contribution in [3.8, 4) is 0 Å². The molecule has 3 atom stereocenters. The van der Waals surface area contributed by atoms with Gasteiger partial charge in [-0.15, -0.1) is 0 Å². The van der Waals surface area contributed by atoms with Gasteiger partial charge in [0.2, 0.25) is 0 Å². The third-order valence-electron chi connectivity index (χ3n) is 3.92. The summed E-state index contributed by atoms with van der Waals surface area (Å²) in [5.41, 5.74) is -1.65. The van der Waals surface area contributed by atoms with Crippen molar-refractivity contribution in [3.05, 3.63) is 0 Å². The van der Waals surface area contributed by atoms with E-state index in [2.05, 4.69) is 0 Å². The molecule has 0 aliphatic carbocycles. The topological polar surface area (TPSA) is 110 Å². The molecule has 0 aromatic heterocycles. The molecule has 7 heteroatoms. The fourth-order valence-corrected chi connectivity index (χ4v) is 2.48. The number of aliphatic hydroxyl groups is 1. The zero-order valence-corrected chi connectivity index (χ0v) is 17.0. The fraction of sp³-hybridized carbons (Fsp3) is 0.842.